The lowest BCUT2D eigenvalue weighted by Gasteiger charge is -2.10. The van der Waals surface area contributed by atoms with Crippen LogP contribution in [-0.4, -0.2) is 33.8 Å². The molecule has 158 valence electrons. The molecule has 31 heavy (non-hydrogen) atoms. The number of alkyl halides is 3. The third kappa shape index (κ3) is 3.63. The second-order valence-electron chi connectivity index (χ2n) is 7.73. The van der Waals surface area contributed by atoms with Crippen molar-refractivity contribution < 1.29 is 18.0 Å². The molecule has 0 aliphatic carbocycles. The van der Waals surface area contributed by atoms with E-state index in [4.69, 9.17) is 0 Å². The van der Waals surface area contributed by atoms with E-state index in [-0.39, 0.29) is 11.1 Å². The zero-order valence-electron chi connectivity index (χ0n) is 16.4. The van der Waals surface area contributed by atoms with Gasteiger partial charge in [0.1, 0.15) is 0 Å². The topological polar surface area (TPSA) is 73.6 Å². The van der Waals surface area contributed by atoms with Gasteiger partial charge in [0, 0.05) is 23.9 Å². The summed E-state index contributed by atoms with van der Waals surface area (Å²) in [4.78, 5) is 23.5. The minimum atomic E-state index is -4.60. The van der Waals surface area contributed by atoms with Crippen LogP contribution in [0.15, 0.2) is 54.7 Å². The van der Waals surface area contributed by atoms with Crippen LogP contribution in [0.2, 0.25) is 0 Å². The van der Waals surface area contributed by atoms with Gasteiger partial charge >= 0.3 is 6.18 Å². The highest BCUT2D eigenvalue weighted by Gasteiger charge is 2.35. The van der Waals surface area contributed by atoms with Crippen molar-refractivity contribution in [2.45, 2.75) is 18.5 Å². The molecule has 1 atom stereocenters. The van der Waals surface area contributed by atoms with Gasteiger partial charge in [0.15, 0.2) is 11.6 Å². The van der Waals surface area contributed by atoms with E-state index in [0.717, 1.165) is 36.6 Å². The Kier molecular flexibility index (Phi) is 4.66. The van der Waals surface area contributed by atoms with Gasteiger partial charge in [0.25, 0.3) is 0 Å². The molecule has 8 heteroatoms. The maximum atomic E-state index is 13.3. The molecule has 0 saturated carbocycles. The van der Waals surface area contributed by atoms with Crippen molar-refractivity contribution in [3.63, 3.8) is 0 Å². The summed E-state index contributed by atoms with van der Waals surface area (Å²) in [6.07, 6.45) is -2.10. The van der Waals surface area contributed by atoms with Crippen molar-refractivity contribution in [2.75, 3.05) is 13.1 Å². The number of nitrogens with one attached hydrogen (secondary N) is 3. The van der Waals surface area contributed by atoms with Gasteiger partial charge in [-0.25, -0.2) is 4.98 Å². The Morgan fingerprint density at radius 2 is 1.94 bits per heavy atom. The van der Waals surface area contributed by atoms with Crippen molar-refractivity contribution >= 4 is 16.8 Å². The molecule has 0 radical (unpaired) electrons. The fourth-order valence-electron chi connectivity index (χ4n) is 4.09. The molecule has 0 bridgehead atoms. The quantitative estimate of drug-likeness (QED) is 0.409. The number of rotatable bonds is 4. The zero-order chi connectivity index (χ0) is 21.6. The van der Waals surface area contributed by atoms with Gasteiger partial charge in [-0.1, -0.05) is 24.3 Å². The predicted molar refractivity (Wildman–Crippen MR) is 111 cm³/mol. The standard InChI is InChI=1S/C23H19F3N4O/c24-23(25,26)17-4-2-1-3-16(17)21(31)15-10-20(28-12-15)22-29-18-6-5-13(9-19(18)30-22)14-7-8-27-11-14/h1-6,9-10,12,14,27-28H,7-8,11H2,(H,29,30)/t14-/m0/s1. The van der Waals surface area contributed by atoms with Crippen molar-refractivity contribution in [1.82, 2.24) is 20.3 Å². The molecule has 0 amide bonds. The van der Waals surface area contributed by atoms with Crippen LogP contribution in [0, 0.1) is 0 Å². The molecule has 0 spiro atoms. The van der Waals surface area contributed by atoms with E-state index in [0.29, 0.717) is 17.4 Å². The number of carbonyl (C=O) groups is 1. The first kappa shape index (κ1) is 19.6. The molecular formula is C23H19F3N4O. The van der Waals surface area contributed by atoms with Gasteiger partial charge in [-0.2, -0.15) is 13.2 Å². The molecular weight excluding hydrogens is 405 g/mol. The summed E-state index contributed by atoms with van der Waals surface area (Å²) in [7, 11) is 0. The van der Waals surface area contributed by atoms with Crippen LogP contribution in [-0.2, 0) is 6.18 Å². The Bertz CT molecular complexity index is 1270. The van der Waals surface area contributed by atoms with E-state index in [9.17, 15) is 18.0 Å². The summed E-state index contributed by atoms with van der Waals surface area (Å²) < 4.78 is 39.8. The van der Waals surface area contributed by atoms with Gasteiger partial charge in [0.2, 0.25) is 0 Å². The second kappa shape index (κ2) is 7.39. The molecule has 5 rings (SSSR count). The molecule has 2 aromatic carbocycles. The fraction of sp³-hybridized carbons (Fsp3) is 0.217. The molecule has 4 aromatic rings. The molecule has 1 aliphatic rings. The average Bonchev–Trinajstić information content (AvgIpc) is 3.52. The smallest absolute Gasteiger partial charge is 0.358 e. The SMILES string of the molecule is O=C(c1c[nH]c(-c2nc3ccc([C@H]4CCNC4)cc3[nH]2)c1)c1ccccc1C(F)(F)F. The molecule has 3 N–H and O–H groups in total. The van der Waals surface area contributed by atoms with Gasteiger partial charge in [-0.05, 0) is 48.7 Å². The van der Waals surface area contributed by atoms with E-state index in [1.807, 2.05) is 6.07 Å². The summed E-state index contributed by atoms with van der Waals surface area (Å²) in [5.41, 5.74) is 2.26. The number of H-pyrrole nitrogens is 2. The first-order valence-corrected chi connectivity index (χ1v) is 10.0. The summed E-state index contributed by atoms with van der Waals surface area (Å²) >= 11 is 0. The monoisotopic (exact) mass is 424 g/mol. The summed E-state index contributed by atoms with van der Waals surface area (Å²) in [6.45, 7) is 1.96. The highest BCUT2D eigenvalue weighted by atomic mass is 19.4. The van der Waals surface area contributed by atoms with Crippen LogP contribution < -0.4 is 5.32 Å². The zero-order valence-corrected chi connectivity index (χ0v) is 16.4. The highest BCUT2D eigenvalue weighted by Crippen LogP contribution is 2.33. The first-order chi connectivity index (χ1) is 14.9. The summed E-state index contributed by atoms with van der Waals surface area (Å²) in [6, 6.07) is 12.4. The van der Waals surface area contributed by atoms with Crippen LogP contribution in [0.1, 0.15) is 39.4 Å². The largest absolute Gasteiger partial charge is 0.417 e. The predicted octanol–water partition coefficient (Wildman–Crippen LogP) is 4.88. The number of nitrogens with zero attached hydrogens (tertiary/aromatic N) is 1. The molecule has 0 unspecified atom stereocenters. The number of hydrogen-bond acceptors (Lipinski definition) is 3. The Hall–Kier alpha value is -3.39. The number of carbonyl (C=O) groups excluding carboxylic acids is 1. The first-order valence-electron chi connectivity index (χ1n) is 10.0. The number of halogens is 3. The van der Waals surface area contributed by atoms with Gasteiger partial charge < -0.3 is 15.3 Å². The molecule has 3 heterocycles. The maximum absolute atomic E-state index is 13.3. The van der Waals surface area contributed by atoms with Gasteiger partial charge in [-0.3, -0.25) is 4.79 Å². The van der Waals surface area contributed by atoms with E-state index in [1.54, 1.807) is 0 Å². The minimum Gasteiger partial charge on any atom is -0.358 e. The highest BCUT2D eigenvalue weighted by molar-refractivity contribution is 6.10. The van der Waals surface area contributed by atoms with Crippen LogP contribution >= 0.6 is 0 Å². The minimum absolute atomic E-state index is 0.143. The molecule has 5 nitrogen and oxygen atoms in total. The third-order valence-corrected chi connectivity index (χ3v) is 5.72. The summed E-state index contributed by atoms with van der Waals surface area (Å²) in [5.74, 6) is 0.307. The van der Waals surface area contributed by atoms with Crippen molar-refractivity contribution in [2.24, 2.45) is 0 Å². The Labute approximate surface area is 175 Å². The Balaban J connectivity index is 1.46. The van der Waals surface area contributed by atoms with Crippen molar-refractivity contribution in [3.8, 4) is 11.5 Å². The number of fused-ring (bicyclic) bond motifs is 1. The van der Waals surface area contributed by atoms with Gasteiger partial charge in [-0.15, -0.1) is 0 Å². The normalized spacial score (nSPS) is 16.8. The summed E-state index contributed by atoms with van der Waals surface area (Å²) in [5, 5.41) is 3.36. The van der Waals surface area contributed by atoms with Crippen molar-refractivity contribution in [1.29, 1.82) is 0 Å². The lowest BCUT2D eigenvalue weighted by atomic mass is 9.98. The van der Waals surface area contributed by atoms with Crippen LogP contribution in [0.3, 0.4) is 0 Å². The molecule has 1 fully saturated rings. The van der Waals surface area contributed by atoms with E-state index >= 15 is 0 Å². The van der Waals surface area contributed by atoms with E-state index in [1.165, 1.54) is 36.0 Å². The number of ketones is 1. The number of benzene rings is 2. The number of aromatic nitrogens is 3. The van der Waals surface area contributed by atoms with Crippen LogP contribution in [0.4, 0.5) is 13.2 Å². The number of aromatic amines is 2. The fourth-order valence-corrected chi connectivity index (χ4v) is 4.09. The van der Waals surface area contributed by atoms with Crippen LogP contribution in [0.25, 0.3) is 22.6 Å². The maximum Gasteiger partial charge on any atom is 0.417 e. The average molecular weight is 424 g/mol. The molecule has 2 aromatic heterocycles. The Morgan fingerprint density at radius 1 is 1.10 bits per heavy atom. The second-order valence-corrected chi connectivity index (χ2v) is 7.73. The Morgan fingerprint density at radius 3 is 2.71 bits per heavy atom. The number of hydrogen-bond donors (Lipinski definition) is 3. The van der Waals surface area contributed by atoms with E-state index in [2.05, 4.69) is 32.4 Å². The third-order valence-electron chi connectivity index (χ3n) is 5.72. The van der Waals surface area contributed by atoms with Crippen molar-refractivity contribution in [3.05, 3.63) is 77.0 Å². The van der Waals surface area contributed by atoms with E-state index < -0.39 is 17.5 Å². The number of imidazole rings is 1. The van der Waals surface area contributed by atoms with Gasteiger partial charge in [0.05, 0.1) is 22.3 Å². The van der Waals surface area contributed by atoms with Crippen LogP contribution in [0.5, 0.6) is 0 Å². The lowest BCUT2D eigenvalue weighted by Crippen LogP contribution is -2.13. The molecule has 1 saturated heterocycles. The molecule has 1 aliphatic heterocycles. The lowest BCUT2D eigenvalue weighted by molar-refractivity contribution is -0.137.